The molecule has 3 aliphatic rings. The number of aromatic carboxylic acids is 1. The molecule has 0 bridgehead atoms. The van der Waals surface area contributed by atoms with Crippen LogP contribution in [0.5, 0.6) is 5.75 Å². The quantitative estimate of drug-likeness (QED) is 0.506. The molecule has 2 heterocycles. The van der Waals surface area contributed by atoms with Crippen LogP contribution in [0, 0.1) is 5.82 Å². The highest BCUT2D eigenvalue weighted by atomic mass is 19.4. The highest BCUT2D eigenvalue weighted by Gasteiger charge is 2.60. The number of alkyl halides is 3. The highest BCUT2D eigenvalue weighted by molar-refractivity contribution is 5.98. The molecule has 2 saturated carbocycles. The van der Waals surface area contributed by atoms with Gasteiger partial charge in [0.15, 0.2) is 5.75 Å². The lowest BCUT2D eigenvalue weighted by Gasteiger charge is -2.25. The maximum absolute atomic E-state index is 15.6. The van der Waals surface area contributed by atoms with Gasteiger partial charge in [0.1, 0.15) is 11.4 Å². The Morgan fingerprint density at radius 3 is 2.43 bits per heavy atom. The summed E-state index contributed by atoms with van der Waals surface area (Å²) in [4.78, 5) is 37.5. The number of carboxylic acids is 1. The van der Waals surface area contributed by atoms with Crippen LogP contribution in [0.15, 0.2) is 35.3 Å². The van der Waals surface area contributed by atoms with Gasteiger partial charge in [-0.3, -0.25) is 9.59 Å². The van der Waals surface area contributed by atoms with Gasteiger partial charge >= 0.3 is 18.1 Å². The molecule has 2 aromatic carbocycles. The third kappa shape index (κ3) is 3.36. The van der Waals surface area contributed by atoms with E-state index in [-0.39, 0.29) is 34.8 Å². The lowest BCUT2D eigenvalue weighted by atomic mass is 9.95. The van der Waals surface area contributed by atoms with Crippen molar-refractivity contribution in [3.05, 3.63) is 63.2 Å². The zero-order chi connectivity index (χ0) is 26.4. The molecule has 0 atom stereocenters. The number of methoxy groups -OCH3 is 1. The van der Waals surface area contributed by atoms with Crippen molar-refractivity contribution in [2.45, 2.75) is 50.0 Å². The van der Waals surface area contributed by atoms with Crippen LogP contribution in [0.4, 0.5) is 17.6 Å². The number of benzene rings is 2. The zero-order valence-corrected chi connectivity index (χ0v) is 19.5. The fourth-order valence-electron chi connectivity index (χ4n) is 5.59. The molecule has 1 N–H and O–H groups in total. The van der Waals surface area contributed by atoms with Gasteiger partial charge in [0.25, 0.3) is 0 Å². The summed E-state index contributed by atoms with van der Waals surface area (Å²) < 4.78 is 62.5. The number of nitrogens with zero attached hydrogens (tertiary/aromatic N) is 2. The van der Waals surface area contributed by atoms with Gasteiger partial charge in [-0.05, 0) is 54.5 Å². The smallest absolute Gasteiger partial charge is 0.471 e. The van der Waals surface area contributed by atoms with Crippen molar-refractivity contribution in [2.75, 3.05) is 7.11 Å². The Hall–Kier alpha value is -3.89. The van der Waals surface area contributed by atoms with E-state index in [2.05, 4.69) is 0 Å². The Morgan fingerprint density at radius 1 is 1.16 bits per heavy atom. The lowest BCUT2D eigenvalue weighted by Crippen LogP contribution is -2.43. The van der Waals surface area contributed by atoms with Crippen molar-refractivity contribution < 1.29 is 37.0 Å². The number of ether oxygens (including phenoxy) is 1. The molecular formula is C26H20F4N2O5. The summed E-state index contributed by atoms with van der Waals surface area (Å²) in [5, 5.41) is 9.36. The molecule has 2 fully saturated rings. The predicted octanol–water partition coefficient (Wildman–Crippen LogP) is 4.74. The highest BCUT2D eigenvalue weighted by Crippen LogP contribution is 2.58. The molecule has 1 spiro atoms. The minimum Gasteiger partial charge on any atom is -0.494 e. The average Bonchev–Trinajstić information content (AvgIpc) is 3.75. The third-order valence-electron chi connectivity index (χ3n) is 7.55. The number of carboxylic acid groups (broad SMARTS) is 1. The van der Waals surface area contributed by atoms with Gasteiger partial charge < -0.3 is 19.3 Å². The molecule has 3 aromatic rings. The fraction of sp³-hybridized carbons (Fsp3) is 0.346. The molecule has 0 saturated heterocycles. The summed E-state index contributed by atoms with van der Waals surface area (Å²) in [7, 11) is 1.31. The van der Waals surface area contributed by atoms with Gasteiger partial charge in [-0.25, -0.2) is 9.18 Å². The molecule has 6 rings (SSSR count). The standard InChI is InChI=1S/C26H20F4N2O5/c1-37-22-19(18(27)9-15-20(22)31(14-3-4-14)11-16(21(15)33)23(34)35)12-2-5-17-13(8-12)10-32(25(17)6-7-25)24(36)26(28,29)30/h2,5,8-9,11,14H,3-4,6-7,10H2,1H3,(H,34,35). The first-order chi connectivity index (χ1) is 17.5. The van der Waals surface area contributed by atoms with E-state index in [0.717, 1.165) is 23.8 Å². The van der Waals surface area contributed by atoms with Crippen LogP contribution in [0.1, 0.15) is 53.2 Å². The van der Waals surface area contributed by atoms with Crippen LogP contribution in [-0.4, -0.2) is 39.7 Å². The Labute approximate surface area is 206 Å². The van der Waals surface area contributed by atoms with E-state index in [0.29, 0.717) is 29.5 Å². The van der Waals surface area contributed by atoms with Gasteiger partial charge in [0, 0.05) is 18.8 Å². The van der Waals surface area contributed by atoms with E-state index >= 15 is 4.39 Å². The summed E-state index contributed by atoms with van der Waals surface area (Å²) in [6, 6.07) is 5.64. The number of hydrogen-bond acceptors (Lipinski definition) is 4. The molecule has 1 aromatic heterocycles. The summed E-state index contributed by atoms with van der Waals surface area (Å²) in [5.41, 5.74) is -0.658. The number of aromatic nitrogens is 1. The maximum Gasteiger partial charge on any atom is 0.471 e. The second kappa shape index (κ2) is 7.56. The number of amides is 1. The molecule has 37 heavy (non-hydrogen) atoms. The van der Waals surface area contributed by atoms with Crippen LogP contribution in [0.2, 0.25) is 0 Å². The first-order valence-corrected chi connectivity index (χ1v) is 11.7. The number of pyridine rings is 1. The number of carbonyl (C=O) groups excluding carboxylic acids is 1. The summed E-state index contributed by atoms with van der Waals surface area (Å²) in [6.45, 7) is -0.256. The van der Waals surface area contributed by atoms with Crippen LogP contribution in [-0.2, 0) is 16.9 Å². The molecule has 11 heteroatoms. The number of rotatable bonds is 4. The Morgan fingerprint density at radius 2 is 1.86 bits per heavy atom. The second-order valence-electron chi connectivity index (χ2n) is 9.77. The lowest BCUT2D eigenvalue weighted by molar-refractivity contribution is -0.189. The monoisotopic (exact) mass is 516 g/mol. The first-order valence-electron chi connectivity index (χ1n) is 11.7. The first kappa shape index (κ1) is 23.5. The molecule has 1 aliphatic heterocycles. The number of fused-ring (bicyclic) bond motifs is 3. The average molecular weight is 516 g/mol. The summed E-state index contributed by atoms with van der Waals surface area (Å²) in [6.07, 6.45) is -1.44. The van der Waals surface area contributed by atoms with E-state index in [1.807, 2.05) is 0 Å². The summed E-state index contributed by atoms with van der Waals surface area (Å²) in [5.74, 6) is -4.14. The van der Waals surface area contributed by atoms with Gasteiger partial charge in [-0.1, -0.05) is 12.1 Å². The zero-order valence-electron chi connectivity index (χ0n) is 19.5. The van der Waals surface area contributed by atoms with Crippen molar-refractivity contribution in [3.8, 4) is 16.9 Å². The van der Waals surface area contributed by atoms with E-state index in [1.54, 1.807) is 22.8 Å². The Balaban J connectivity index is 1.54. The molecule has 192 valence electrons. The predicted molar refractivity (Wildman–Crippen MR) is 123 cm³/mol. The van der Waals surface area contributed by atoms with Crippen molar-refractivity contribution in [2.24, 2.45) is 0 Å². The van der Waals surface area contributed by atoms with Crippen molar-refractivity contribution in [1.82, 2.24) is 9.47 Å². The molecule has 0 radical (unpaired) electrons. The van der Waals surface area contributed by atoms with E-state index < -0.39 is 40.4 Å². The molecular weight excluding hydrogens is 496 g/mol. The number of halogens is 4. The fourth-order valence-corrected chi connectivity index (χ4v) is 5.59. The Bertz CT molecular complexity index is 1580. The van der Waals surface area contributed by atoms with Crippen LogP contribution in [0.3, 0.4) is 0 Å². The van der Waals surface area contributed by atoms with Gasteiger partial charge in [-0.2, -0.15) is 13.2 Å². The second-order valence-corrected chi connectivity index (χ2v) is 9.77. The minimum atomic E-state index is -5.00. The van der Waals surface area contributed by atoms with Gasteiger partial charge in [0.05, 0.1) is 29.1 Å². The van der Waals surface area contributed by atoms with Crippen molar-refractivity contribution >= 4 is 22.8 Å². The normalized spacial score (nSPS) is 17.8. The van der Waals surface area contributed by atoms with Crippen LogP contribution >= 0.6 is 0 Å². The SMILES string of the molecule is COc1c(-c2ccc3c(c2)CN(C(=O)C(F)(F)F)C32CC2)c(F)cc2c(=O)c(C(=O)O)cn(C3CC3)c12. The topological polar surface area (TPSA) is 88.8 Å². The number of carbonyl (C=O) groups is 2. The minimum absolute atomic E-state index is 0.000111. The molecule has 1 amide bonds. The maximum atomic E-state index is 15.6. The van der Waals surface area contributed by atoms with Gasteiger partial charge in [-0.15, -0.1) is 0 Å². The van der Waals surface area contributed by atoms with Crippen LogP contribution < -0.4 is 10.2 Å². The molecule has 7 nitrogen and oxygen atoms in total. The Kier molecular flexibility index (Phi) is 4.80. The van der Waals surface area contributed by atoms with E-state index in [1.165, 1.54) is 13.3 Å². The summed E-state index contributed by atoms with van der Waals surface area (Å²) >= 11 is 0. The van der Waals surface area contributed by atoms with E-state index in [4.69, 9.17) is 4.74 Å². The molecule has 0 unspecified atom stereocenters. The van der Waals surface area contributed by atoms with Crippen molar-refractivity contribution in [1.29, 1.82) is 0 Å². The molecule has 2 aliphatic carbocycles. The third-order valence-corrected chi connectivity index (χ3v) is 7.55. The van der Waals surface area contributed by atoms with E-state index in [9.17, 15) is 32.7 Å². The van der Waals surface area contributed by atoms with Crippen LogP contribution in [0.25, 0.3) is 22.0 Å². The largest absolute Gasteiger partial charge is 0.494 e. The van der Waals surface area contributed by atoms with Crippen molar-refractivity contribution in [3.63, 3.8) is 0 Å². The number of hydrogen-bond donors (Lipinski definition) is 1. The van der Waals surface area contributed by atoms with Gasteiger partial charge in [0.2, 0.25) is 5.43 Å².